The lowest BCUT2D eigenvalue weighted by Gasteiger charge is -2.33. The van der Waals surface area contributed by atoms with Gasteiger partial charge in [-0.05, 0) is 37.0 Å². The van der Waals surface area contributed by atoms with Gasteiger partial charge in [0.1, 0.15) is 11.6 Å². The van der Waals surface area contributed by atoms with Crippen molar-refractivity contribution in [2.75, 3.05) is 13.1 Å². The molecule has 0 radical (unpaired) electrons. The molecule has 0 saturated carbocycles. The standard InChI is InChI=1S/C20H26FN3O2/c1-2-3-11-23-14-10-22-19(23)16-8-12-24(13-9-16)20(26)18(25)15-4-6-17(21)7-5-15/h4-7,10,14,16,18,25H,2-3,8-9,11-13H2,1H3/t18-/m1/s1. The number of rotatable bonds is 6. The molecule has 1 aromatic carbocycles. The Morgan fingerprint density at radius 2 is 2.00 bits per heavy atom. The average molecular weight is 359 g/mol. The van der Waals surface area contributed by atoms with Crippen LogP contribution in [0.3, 0.4) is 0 Å². The summed E-state index contributed by atoms with van der Waals surface area (Å²) in [5, 5.41) is 10.3. The number of piperidine rings is 1. The maximum absolute atomic E-state index is 13.0. The zero-order valence-corrected chi connectivity index (χ0v) is 15.1. The van der Waals surface area contributed by atoms with Gasteiger partial charge in [-0.3, -0.25) is 4.79 Å². The Morgan fingerprint density at radius 1 is 1.31 bits per heavy atom. The Hall–Kier alpha value is -2.21. The number of carbonyl (C=O) groups excluding carboxylic acids is 1. The molecular weight excluding hydrogens is 333 g/mol. The van der Waals surface area contributed by atoms with Gasteiger partial charge in [0.05, 0.1) is 0 Å². The second-order valence-electron chi connectivity index (χ2n) is 6.89. The fourth-order valence-electron chi connectivity index (χ4n) is 3.52. The molecule has 0 spiro atoms. The molecule has 2 heterocycles. The van der Waals surface area contributed by atoms with Crippen LogP contribution in [0.1, 0.15) is 56.0 Å². The predicted octanol–water partition coefficient (Wildman–Crippen LogP) is 3.26. The highest BCUT2D eigenvalue weighted by Crippen LogP contribution is 2.28. The van der Waals surface area contributed by atoms with Crippen molar-refractivity contribution >= 4 is 5.91 Å². The summed E-state index contributed by atoms with van der Waals surface area (Å²) in [7, 11) is 0. The maximum atomic E-state index is 13.0. The van der Waals surface area contributed by atoms with Gasteiger partial charge < -0.3 is 14.6 Å². The first kappa shape index (κ1) is 18.6. The topological polar surface area (TPSA) is 58.4 Å². The highest BCUT2D eigenvalue weighted by molar-refractivity contribution is 5.82. The summed E-state index contributed by atoms with van der Waals surface area (Å²) in [5.41, 5.74) is 0.425. The van der Waals surface area contributed by atoms with E-state index in [0.717, 1.165) is 38.1 Å². The van der Waals surface area contributed by atoms with Gasteiger partial charge in [0, 0.05) is 37.9 Å². The number of aliphatic hydroxyl groups excluding tert-OH is 1. The molecule has 2 aromatic rings. The maximum Gasteiger partial charge on any atom is 0.256 e. The number of aliphatic hydroxyl groups is 1. The number of carbonyl (C=O) groups is 1. The lowest BCUT2D eigenvalue weighted by Crippen LogP contribution is -2.41. The molecule has 1 fully saturated rings. The summed E-state index contributed by atoms with van der Waals surface area (Å²) >= 11 is 0. The minimum atomic E-state index is -1.24. The van der Waals surface area contributed by atoms with Gasteiger partial charge in [0.15, 0.2) is 6.10 Å². The average Bonchev–Trinajstić information content (AvgIpc) is 3.14. The molecule has 3 rings (SSSR count). The number of amides is 1. The van der Waals surface area contributed by atoms with E-state index in [1.165, 1.54) is 24.3 Å². The molecule has 0 unspecified atom stereocenters. The summed E-state index contributed by atoms with van der Waals surface area (Å²) in [6, 6.07) is 5.42. The Morgan fingerprint density at radius 3 is 2.65 bits per heavy atom. The summed E-state index contributed by atoms with van der Waals surface area (Å²) in [6.45, 7) is 4.35. The van der Waals surface area contributed by atoms with Crippen molar-refractivity contribution in [3.05, 3.63) is 53.9 Å². The van der Waals surface area contributed by atoms with E-state index in [-0.39, 0.29) is 11.7 Å². The Kier molecular flexibility index (Phi) is 6.04. The van der Waals surface area contributed by atoms with Crippen LogP contribution in [0.25, 0.3) is 0 Å². The van der Waals surface area contributed by atoms with Gasteiger partial charge in [-0.15, -0.1) is 0 Å². The van der Waals surface area contributed by atoms with Crippen molar-refractivity contribution < 1.29 is 14.3 Å². The lowest BCUT2D eigenvalue weighted by atomic mass is 9.95. The van der Waals surface area contributed by atoms with E-state index < -0.39 is 6.10 Å². The zero-order valence-electron chi connectivity index (χ0n) is 15.1. The van der Waals surface area contributed by atoms with Crippen molar-refractivity contribution in [1.82, 2.24) is 14.5 Å². The molecule has 1 aromatic heterocycles. The molecule has 1 N–H and O–H groups in total. The molecule has 0 aliphatic carbocycles. The van der Waals surface area contributed by atoms with Crippen LogP contribution in [0.2, 0.25) is 0 Å². The molecule has 0 bridgehead atoms. The first-order valence-electron chi connectivity index (χ1n) is 9.33. The van der Waals surface area contributed by atoms with Crippen LogP contribution >= 0.6 is 0 Å². The zero-order chi connectivity index (χ0) is 18.5. The van der Waals surface area contributed by atoms with E-state index in [1.54, 1.807) is 4.90 Å². The first-order chi connectivity index (χ1) is 12.6. The molecule has 140 valence electrons. The van der Waals surface area contributed by atoms with Gasteiger partial charge in [0.25, 0.3) is 5.91 Å². The third-order valence-corrected chi connectivity index (χ3v) is 5.09. The summed E-state index contributed by atoms with van der Waals surface area (Å²) < 4.78 is 15.2. The largest absolute Gasteiger partial charge is 0.378 e. The molecule has 1 atom stereocenters. The first-order valence-corrected chi connectivity index (χ1v) is 9.33. The van der Waals surface area contributed by atoms with E-state index in [1.807, 2.05) is 12.4 Å². The molecule has 1 aliphatic rings. The lowest BCUT2D eigenvalue weighted by molar-refractivity contribution is -0.141. The number of likely N-dealkylation sites (tertiary alicyclic amines) is 1. The number of hydrogen-bond acceptors (Lipinski definition) is 3. The third kappa shape index (κ3) is 4.12. The van der Waals surface area contributed by atoms with E-state index in [0.29, 0.717) is 24.6 Å². The minimum Gasteiger partial charge on any atom is -0.378 e. The number of benzene rings is 1. The molecule has 1 saturated heterocycles. The monoisotopic (exact) mass is 359 g/mol. The highest BCUT2D eigenvalue weighted by Gasteiger charge is 2.30. The fraction of sp³-hybridized carbons (Fsp3) is 0.500. The number of hydrogen-bond donors (Lipinski definition) is 1. The van der Waals surface area contributed by atoms with Crippen LogP contribution in [0, 0.1) is 5.82 Å². The van der Waals surface area contributed by atoms with Crippen LogP contribution in [0.4, 0.5) is 4.39 Å². The van der Waals surface area contributed by atoms with Crippen molar-refractivity contribution in [2.24, 2.45) is 0 Å². The molecule has 6 heteroatoms. The number of imidazole rings is 1. The van der Waals surface area contributed by atoms with Crippen LogP contribution in [-0.2, 0) is 11.3 Å². The van der Waals surface area contributed by atoms with E-state index in [2.05, 4.69) is 16.5 Å². The normalized spacial score (nSPS) is 16.7. The Balaban J connectivity index is 1.59. The number of aromatic nitrogens is 2. The summed E-state index contributed by atoms with van der Waals surface area (Å²) in [6.07, 6.45) is 6.59. The predicted molar refractivity (Wildman–Crippen MR) is 97.0 cm³/mol. The van der Waals surface area contributed by atoms with Gasteiger partial charge in [-0.2, -0.15) is 0 Å². The van der Waals surface area contributed by atoms with Crippen LogP contribution in [-0.4, -0.2) is 38.6 Å². The molecule has 1 aliphatic heterocycles. The van der Waals surface area contributed by atoms with Gasteiger partial charge >= 0.3 is 0 Å². The third-order valence-electron chi connectivity index (χ3n) is 5.09. The van der Waals surface area contributed by atoms with Crippen molar-refractivity contribution in [2.45, 2.75) is 51.2 Å². The second kappa shape index (κ2) is 8.45. The fourth-order valence-corrected chi connectivity index (χ4v) is 3.52. The Labute approximate surface area is 153 Å². The van der Waals surface area contributed by atoms with E-state index in [9.17, 15) is 14.3 Å². The van der Waals surface area contributed by atoms with Gasteiger partial charge in [-0.1, -0.05) is 25.5 Å². The molecule has 1 amide bonds. The van der Waals surface area contributed by atoms with Crippen molar-refractivity contribution in [1.29, 1.82) is 0 Å². The summed E-state index contributed by atoms with van der Waals surface area (Å²) in [4.78, 5) is 18.8. The summed E-state index contributed by atoms with van der Waals surface area (Å²) in [5.74, 6) is 0.746. The smallest absolute Gasteiger partial charge is 0.256 e. The van der Waals surface area contributed by atoms with Gasteiger partial charge in [0.2, 0.25) is 0 Å². The number of nitrogens with zero attached hydrogens (tertiary/aromatic N) is 3. The van der Waals surface area contributed by atoms with Crippen LogP contribution in [0.5, 0.6) is 0 Å². The van der Waals surface area contributed by atoms with Crippen molar-refractivity contribution in [3.8, 4) is 0 Å². The Bertz CT molecular complexity index is 721. The van der Waals surface area contributed by atoms with E-state index in [4.69, 9.17) is 0 Å². The van der Waals surface area contributed by atoms with Crippen LogP contribution < -0.4 is 0 Å². The number of aryl methyl sites for hydroxylation is 1. The molecule has 5 nitrogen and oxygen atoms in total. The van der Waals surface area contributed by atoms with E-state index >= 15 is 0 Å². The SMILES string of the molecule is CCCCn1ccnc1C1CCN(C(=O)[C@H](O)c2ccc(F)cc2)CC1. The van der Waals surface area contributed by atoms with Gasteiger partial charge in [-0.25, -0.2) is 9.37 Å². The number of halogens is 1. The quantitative estimate of drug-likeness (QED) is 0.861. The highest BCUT2D eigenvalue weighted by atomic mass is 19.1. The van der Waals surface area contributed by atoms with Crippen molar-refractivity contribution in [3.63, 3.8) is 0 Å². The minimum absolute atomic E-state index is 0.315. The molecular formula is C20H26FN3O2. The second-order valence-corrected chi connectivity index (χ2v) is 6.89. The van der Waals surface area contributed by atoms with Crippen LogP contribution in [0.15, 0.2) is 36.7 Å². The number of unbranched alkanes of at least 4 members (excludes halogenated alkanes) is 1. The molecule has 26 heavy (non-hydrogen) atoms.